The molecular formula is C23H22N4O2S. The van der Waals surface area contributed by atoms with E-state index in [9.17, 15) is 4.79 Å². The number of nitrogens with zero attached hydrogens (tertiary/aromatic N) is 3. The zero-order valence-corrected chi connectivity index (χ0v) is 17.6. The van der Waals surface area contributed by atoms with Crippen LogP contribution < -0.4 is 5.32 Å². The van der Waals surface area contributed by atoms with Crippen molar-refractivity contribution >= 4 is 23.4 Å². The van der Waals surface area contributed by atoms with Gasteiger partial charge in [0.25, 0.3) is 0 Å². The lowest BCUT2D eigenvalue weighted by Crippen LogP contribution is -2.23. The van der Waals surface area contributed by atoms with Gasteiger partial charge in [-0.2, -0.15) is 0 Å². The Morgan fingerprint density at radius 2 is 1.83 bits per heavy atom. The molecule has 0 radical (unpaired) electrons. The van der Waals surface area contributed by atoms with E-state index < -0.39 is 0 Å². The van der Waals surface area contributed by atoms with Gasteiger partial charge < -0.3 is 9.73 Å². The van der Waals surface area contributed by atoms with Crippen molar-refractivity contribution in [2.45, 2.75) is 30.8 Å². The molecule has 0 saturated carbocycles. The summed E-state index contributed by atoms with van der Waals surface area (Å²) in [4.78, 5) is 12.8. The molecule has 1 atom stereocenters. The first-order chi connectivity index (χ1) is 14.6. The second-order valence-corrected chi connectivity index (χ2v) is 8.23. The predicted molar refractivity (Wildman–Crippen MR) is 118 cm³/mol. The SMILES string of the molecule is Cc1ccccc1NC(=O)C(C)Sc1nnc(-c2ccco2)n1Cc1ccccc1. The normalized spacial score (nSPS) is 11.9. The highest BCUT2D eigenvalue weighted by atomic mass is 32.2. The summed E-state index contributed by atoms with van der Waals surface area (Å²) >= 11 is 1.38. The van der Waals surface area contributed by atoms with E-state index in [0.29, 0.717) is 23.3 Å². The third-order valence-corrected chi connectivity index (χ3v) is 5.78. The van der Waals surface area contributed by atoms with E-state index in [4.69, 9.17) is 4.42 Å². The van der Waals surface area contributed by atoms with E-state index in [0.717, 1.165) is 16.8 Å². The molecule has 2 aromatic heterocycles. The van der Waals surface area contributed by atoms with Crippen molar-refractivity contribution in [3.05, 3.63) is 84.1 Å². The first-order valence-corrected chi connectivity index (χ1v) is 10.5. The Labute approximate surface area is 179 Å². The maximum Gasteiger partial charge on any atom is 0.237 e. The summed E-state index contributed by atoms with van der Waals surface area (Å²) in [6.07, 6.45) is 1.61. The van der Waals surface area contributed by atoms with Gasteiger partial charge in [-0.15, -0.1) is 10.2 Å². The summed E-state index contributed by atoms with van der Waals surface area (Å²) in [7, 11) is 0. The molecule has 0 aliphatic carbocycles. The van der Waals surface area contributed by atoms with E-state index in [-0.39, 0.29) is 11.2 Å². The summed E-state index contributed by atoms with van der Waals surface area (Å²) < 4.78 is 7.53. The van der Waals surface area contributed by atoms with Crippen LogP contribution in [0, 0.1) is 6.92 Å². The summed E-state index contributed by atoms with van der Waals surface area (Å²) in [6, 6.07) is 21.5. The Balaban J connectivity index is 1.57. The fraction of sp³-hybridized carbons (Fsp3) is 0.174. The number of benzene rings is 2. The Morgan fingerprint density at radius 3 is 2.57 bits per heavy atom. The fourth-order valence-electron chi connectivity index (χ4n) is 3.03. The predicted octanol–water partition coefficient (Wildman–Crippen LogP) is 5.01. The fourth-order valence-corrected chi connectivity index (χ4v) is 3.88. The molecular weight excluding hydrogens is 396 g/mol. The van der Waals surface area contributed by atoms with Gasteiger partial charge in [0.05, 0.1) is 18.1 Å². The van der Waals surface area contributed by atoms with Gasteiger partial charge in [0, 0.05) is 5.69 Å². The second kappa shape index (κ2) is 9.00. The van der Waals surface area contributed by atoms with Gasteiger partial charge in [-0.25, -0.2) is 0 Å². The molecule has 30 heavy (non-hydrogen) atoms. The van der Waals surface area contributed by atoms with Crippen molar-refractivity contribution < 1.29 is 9.21 Å². The topological polar surface area (TPSA) is 73.0 Å². The molecule has 7 heteroatoms. The van der Waals surface area contributed by atoms with Crippen LogP contribution in [-0.2, 0) is 11.3 Å². The minimum absolute atomic E-state index is 0.0805. The number of nitrogens with one attached hydrogen (secondary N) is 1. The van der Waals surface area contributed by atoms with Crippen molar-refractivity contribution in [3.8, 4) is 11.6 Å². The number of aromatic nitrogens is 3. The van der Waals surface area contributed by atoms with Crippen LogP contribution in [0.2, 0.25) is 0 Å². The molecule has 4 aromatic rings. The maximum absolute atomic E-state index is 12.8. The first kappa shape index (κ1) is 20.0. The molecule has 152 valence electrons. The van der Waals surface area contributed by atoms with Crippen LogP contribution in [0.3, 0.4) is 0 Å². The van der Waals surface area contributed by atoms with Crippen LogP contribution in [0.25, 0.3) is 11.6 Å². The standard InChI is InChI=1S/C23H22N4O2S/c1-16-9-6-7-12-19(16)24-22(28)17(2)30-23-26-25-21(20-13-8-14-29-20)27(23)15-18-10-4-3-5-11-18/h3-14,17H,15H2,1-2H3,(H,24,28). The molecule has 1 unspecified atom stereocenters. The van der Waals surface area contributed by atoms with Crippen LogP contribution >= 0.6 is 11.8 Å². The van der Waals surface area contributed by atoms with Gasteiger partial charge in [0.2, 0.25) is 11.7 Å². The molecule has 0 saturated heterocycles. The van der Waals surface area contributed by atoms with Gasteiger partial charge in [-0.1, -0.05) is 60.3 Å². The molecule has 1 amide bonds. The molecule has 0 aliphatic heterocycles. The van der Waals surface area contributed by atoms with Crippen LogP contribution in [0.4, 0.5) is 5.69 Å². The molecule has 6 nitrogen and oxygen atoms in total. The van der Waals surface area contributed by atoms with Crippen molar-refractivity contribution in [3.63, 3.8) is 0 Å². The number of rotatable bonds is 7. The maximum atomic E-state index is 12.8. The van der Waals surface area contributed by atoms with E-state index in [1.54, 1.807) is 6.26 Å². The Kier molecular flexibility index (Phi) is 5.99. The number of anilines is 1. The lowest BCUT2D eigenvalue weighted by molar-refractivity contribution is -0.115. The lowest BCUT2D eigenvalue weighted by Gasteiger charge is -2.14. The molecule has 0 bridgehead atoms. The third-order valence-electron chi connectivity index (χ3n) is 4.70. The van der Waals surface area contributed by atoms with Crippen molar-refractivity contribution in [2.24, 2.45) is 0 Å². The molecule has 1 N–H and O–H groups in total. The lowest BCUT2D eigenvalue weighted by atomic mass is 10.2. The number of aryl methyl sites for hydroxylation is 1. The van der Waals surface area contributed by atoms with Gasteiger partial charge in [0.1, 0.15) is 0 Å². The van der Waals surface area contributed by atoms with Gasteiger partial charge in [-0.3, -0.25) is 9.36 Å². The average molecular weight is 419 g/mol. The van der Waals surface area contributed by atoms with E-state index in [2.05, 4.69) is 27.6 Å². The van der Waals surface area contributed by atoms with Crippen molar-refractivity contribution in [2.75, 3.05) is 5.32 Å². The third kappa shape index (κ3) is 4.46. The zero-order chi connectivity index (χ0) is 20.9. The number of amides is 1. The molecule has 4 rings (SSSR count). The highest BCUT2D eigenvalue weighted by molar-refractivity contribution is 8.00. The Bertz CT molecular complexity index is 1120. The summed E-state index contributed by atoms with van der Waals surface area (Å²) in [5, 5.41) is 12.0. The minimum Gasteiger partial charge on any atom is -0.461 e. The number of hydrogen-bond donors (Lipinski definition) is 1. The number of carbonyl (C=O) groups is 1. The van der Waals surface area contributed by atoms with E-state index in [1.807, 2.05) is 73.0 Å². The molecule has 0 aliphatic rings. The van der Waals surface area contributed by atoms with E-state index >= 15 is 0 Å². The molecule has 2 heterocycles. The monoisotopic (exact) mass is 418 g/mol. The average Bonchev–Trinajstić information content (AvgIpc) is 3.41. The number of hydrogen-bond acceptors (Lipinski definition) is 5. The largest absolute Gasteiger partial charge is 0.461 e. The quantitative estimate of drug-likeness (QED) is 0.427. The Hall–Kier alpha value is -3.32. The summed E-state index contributed by atoms with van der Waals surface area (Å²) in [5.41, 5.74) is 2.95. The van der Waals surface area contributed by atoms with Crippen LogP contribution in [0.1, 0.15) is 18.1 Å². The highest BCUT2D eigenvalue weighted by Crippen LogP contribution is 2.28. The van der Waals surface area contributed by atoms with Gasteiger partial charge in [-0.05, 0) is 43.2 Å². The summed E-state index contributed by atoms with van der Waals surface area (Å²) in [5.74, 6) is 1.20. The smallest absolute Gasteiger partial charge is 0.237 e. The van der Waals surface area contributed by atoms with Gasteiger partial charge >= 0.3 is 0 Å². The van der Waals surface area contributed by atoms with E-state index in [1.165, 1.54) is 11.8 Å². The minimum atomic E-state index is -0.354. The highest BCUT2D eigenvalue weighted by Gasteiger charge is 2.22. The number of thioether (sulfide) groups is 1. The van der Waals surface area contributed by atoms with Crippen LogP contribution in [-0.4, -0.2) is 25.9 Å². The zero-order valence-electron chi connectivity index (χ0n) is 16.8. The molecule has 0 spiro atoms. The number of carbonyl (C=O) groups excluding carboxylic acids is 1. The van der Waals surface area contributed by atoms with Crippen molar-refractivity contribution in [1.82, 2.24) is 14.8 Å². The molecule has 0 fully saturated rings. The van der Waals surface area contributed by atoms with Crippen molar-refractivity contribution in [1.29, 1.82) is 0 Å². The number of furan rings is 1. The second-order valence-electron chi connectivity index (χ2n) is 6.92. The van der Waals surface area contributed by atoms with Crippen LogP contribution in [0.15, 0.2) is 82.6 Å². The van der Waals surface area contributed by atoms with Gasteiger partial charge in [0.15, 0.2) is 10.9 Å². The Morgan fingerprint density at radius 1 is 1.07 bits per heavy atom. The summed E-state index contributed by atoms with van der Waals surface area (Å²) in [6.45, 7) is 4.42. The number of para-hydroxylation sites is 1. The first-order valence-electron chi connectivity index (χ1n) is 9.66. The van der Waals surface area contributed by atoms with Crippen LogP contribution in [0.5, 0.6) is 0 Å². The molecule has 2 aromatic carbocycles.